The molecular weight excluding hydrogens is 387 g/mol. The molecule has 0 aliphatic carbocycles. The molecule has 0 saturated carbocycles. The Morgan fingerprint density at radius 1 is 1.18 bits per heavy atom. The number of nitrogens with zero attached hydrogens (tertiary/aromatic N) is 1. The van der Waals surface area contributed by atoms with E-state index in [-0.39, 0.29) is 5.91 Å². The molecule has 0 fully saturated rings. The Labute approximate surface area is 145 Å². The Kier molecular flexibility index (Phi) is 5.83. The predicted octanol–water partition coefficient (Wildman–Crippen LogP) is 4.78. The second-order valence-corrected chi connectivity index (χ2v) is 6.64. The third kappa shape index (κ3) is 4.22. The van der Waals surface area contributed by atoms with E-state index in [0.29, 0.717) is 11.6 Å². The van der Waals surface area contributed by atoms with Crippen LogP contribution in [0.3, 0.4) is 0 Å². The van der Waals surface area contributed by atoms with Crippen molar-refractivity contribution in [3.63, 3.8) is 0 Å². The molecular formula is C18H21IN2O. The zero-order valence-electron chi connectivity index (χ0n) is 13.1. The number of rotatable bonds is 5. The van der Waals surface area contributed by atoms with Crippen LogP contribution in [-0.4, -0.2) is 18.5 Å². The summed E-state index contributed by atoms with van der Waals surface area (Å²) in [6, 6.07) is 16.0. The van der Waals surface area contributed by atoms with Gasteiger partial charge in [-0.15, -0.1) is 0 Å². The normalized spacial score (nSPS) is 10.6. The topological polar surface area (TPSA) is 32.3 Å². The highest BCUT2D eigenvalue weighted by Crippen LogP contribution is 2.20. The van der Waals surface area contributed by atoms with Crippen molar-refractivity contribution < 1.29 is 4.79 Å². The number of halogens is 1. The molecule has 0 atom stereocenters. The summed E-state index contributed by atoms with van der Waals surface area (Å²) in [6.07, 6.45) is 0. The summed E-state index contributed by atoms with van der Waals surface area (Å²) < 4.78 is 1.05. The molecule has 1 N–H and O–H groups in total. The van der Waals surface area contributed by atoms with Gasteiger partial charge in [0.2, 0.25) is 0 Å². The molecule has 116 valence electrons. The lowest BCUT2D eigenvalue weighted by Crippen LogP contribution is -2.30. The average molecular weight is 408 g/mol. The largest absolute Gasteiger partial charge is 0.369 e. The predicted molar refractivity (Wildman–Crippen MR) is 102 cm³/mol. The first kappa shape index (κ1) is 16.8. The van der Waals surface area contributed by atoms with E-state index in [9.17, 15) is 4.79 Å². The Hall–Kier alpha value is -1.56. The van der Waals surface area contributed by atoms with E-state index < -0.39 is 0 Å². The van der Waals surface area contributed by atoms with Crippen LogP contribution in [0.5, 0.6) is 0 Å². The van der Waals surface area contributed by atoms with Gasteiger partial charge in [-0.1, -0.05) is 6.07 Å². The van der Waals surface area contributed by atoms with Gasteiger partial charge in [-0.2, -0.15) is 0 Å². The van der Waals surface area contributed by atoms with Crippen LogP contribution in [0.1, 0.15) is 31.1 Å². The van der Waals surface area contributed by atoms with E-state index in [4.69, 9.17) is 0 Å². The molecule has 0 saturated heterocycles. The first-order valence-corrected chi connectivity index (χ1v) is 8.52. The molecule has 4 heteroatoms. The average Bonchev–Trinajstić information content (AvgIpc) is 2.49. The van der Waals surface area contributed by atoms with Crippen LogP contribution in [-0.2, 0) is 0 Å². The van der Waals surface area contributed by atoms with Crippen molar-refractivity contribution in [3.05, 3.63) is 57.7 Å². The summed E-state index contributed by atoms with van der Waals surface area (Å²) >= 11 is 2.21. The van der Waals surface area contributed by atoms with Gasteiger partial charge in [-0.25, -0.2) is 0 Å². The van der Waals surface area contributed by atoms with Crippen molar-refractivity contribution in [3.8, 4) is 0 Å². The number of carbonyl (C=O) groups is 1. The van der Waals surface area contributed by atoms with Crippen LogP contribution in [0.2, 0.25) is 0 Å². The molecule has 0 aliphatic heterocycles. The van der Waals surface area contributed by atoms with Gasteiger partial charge in [-0.3, -0.25) is 4.79 Å². The maximum Gasteiger partial charge on any atom is 0.255 e. The lowest BCUT2D eigenvalue weighted by Gasteiger charge is -2.27. The highest BCUT2D eigenvalue weighted by atomic mass is 127. The van der Waals surface area contributed by atoms with Gasteiger partial charge in [0.05, 0.1) is 0 Å². The van der Waals surface area contributed by atoms with Crippen LogP contribution in [0, 0.1) is 3.57 Å². The minimum absolute atomic E-state index is 0.0810. The quantitative estimate of drug-likeness (QED) is 0.723. The Morgan fingerprint density at radius 2 is 1.86 bits per heavy atom. The van der Waals surface area contributed by atoms with Gasteiger partial charge < -0.3 is 10.2 Å². The van der Waals surface area contributed by atoms with Crippen LogP contribution in [0.25, 0.3) is 0 Å². The molecule has 2 aromatic rings. The number of amides is 1. The zero-order chi connectivity index (χ0) is 16.1. The Bertz CT molecular complexity index is 638. The number of nitrogens with one attached hydrogen (secondary N) is 1. The Morgan fingerprint density at radius 3 is 2.41 bits per heavy atom. The van der Waals surface area contributed by atoms with Crippen molar-refractivity contribution in [2.24, 2.45) is 0 Å². The number of benzene rings is 2. The van der Waals surface area contributed by atoms with E-state index in [1.807, 2.05) is 48.5 Å². The van der Waals surface area contributed by atoms with Crippen molar-refractivity contribution in [1.82, 2.24) is 0 Å². The fourth-order valence-electron chi connectivity index (χ4n) is 2.42. The van der Waals surface area contributed by atoms with Crippen LogP contribution < -0.4 is 10.2 Å². The summed E-state index contributed by atoms with van der Waals surface area (Å²) in [5.74, 6) is -0.0810. The molecule has 0 unspecified atom stereocenters. The summed E-state index contributed by atoms with van der Waals surface area (Å²) in [4.78, 5) is 14.5. The van der Waals surface area contributed by atoms with E-state index in [1.54, 1.807) is 0 Å². The zero-order valence-corrected chi connectivity index (χ0v) is 15.3. The number of hydrogen-bond donors (Lipinski definition) is 1. The third-order valence-corrected chi connectivity index (χ3v) is 4.18. The molecule has 1 amide bonds. The fraction of sp³-hybridized carbons (Fsp3) is 0.278. The lowest BCUT2D eigenvalue weighted by molar-refractivity contribution is 0.102. The van der Waals surface area contributed by atoms with Gasteiger partial charge in [0.15, 0.2) is 0 Å². The minimum atomic E-state index is -0.0810. The molecule has 0 spiro atoms. The highest BCUT2D eigenvalue weighted by Gasteiger charge is 2.09. The molecule has 0 heterocycles. The van der Waals surface area contributed by atoms with Crippen molar-refractivity contribution in [2.75, 3.05) is 16.8 Å². The number of carbonyl (C=O) groups excluding carboxylic acids is 1. The molecule has 0 aliphatic rings. The highest BCUT2D eigenvalue weighted by molar-refractivity contribution is 14.1. The second-order valence-electron chi connectivity index (χ2n) is 5.39. The molecule has 3 nitrogen and oxygen atoms in total. The van der Waals surface area contributed by atoms with Crippen LogP contribution in [0.4, 0.5) is 11.4 Å². The standard InChI is InChI=1S/C18H21IN2O/c1-4-21(13(2)3)17-10-8-16(9-11-17)20-18(22)14-6-5-7-15(19)12-14/h5-13H,4H2,1-3H3,(H,20,22). The van der Waals surface area contributed by atoms with Crippen molar-refractivity contribution in [2.45, 2.75) is 26.8 Å². The van der Waals surface area contributed by atoms with Gasteiger partial charge in [0.25, 0.3) is 5.91 Å². The summed E-state index contributed by atoms with van der Waals surface area (Å²) in [7, 11) is 0. The summed E-state index contributed by atoms with van der Waals surface area (Å²) in [6.45, 7) is 7.46. The van der Waals surface area contributed by atoms with E-state index in [2.05, 4.69) is 53.6 Å². The second kappa shape index (κ2) is 7.63. The molecule has 0 bridgehead atoms. The SMILES string of the molecule is CCN(c1ccc(NC(=O)c2cccc(I)c2)cc1)C(C)C. The fourth-order valence-corrected chi connectivity index (χ4v) is 2.96. The summed E-state index contributed by atoms with van der Waals surface area (Å²) in [5.41, 5.74) is 2.66. The maximum atomic E-state index is 12.2. The van der Waals surface area contributed by atoms with Crippen LogP contribution >= 0.6 is 22.6 Å². The van der Waals surface area contributed by atoms with Crippen molar-refractivity contribution in [1.29, 1.82) is 0 Å². The maximum absolute atomic E-state index is 12.2. The van der Waals surface area contributed by atoms with Gasteiger partial charge >= 0.3 is 0 Å². The van der Waals surface area contributed by atoms with Gasteiger partial charge in [0, 0.05) is 33.1 Å². The Balaban J connectivity index is 2.09. The van der Waals surface area contributed by atoms with E-state index in [1.165, 1.54) is 5.69 Å². The smallest absolute Gasteiger partial charge is 0.255 e. The first-order chi connectivity index (χ1) is 10.5. The first-order valence-electron chi connectivity index (χ1n) is 7.45. The summed E-state index contributed by atoms with van der Waals surface area (Å²) in [5, 5.41) is 2.94. The molecule has 2 aromatic carbocycles. The van der Waals surface area contributed by atoms with Crippen LogP contribution in [0.15, 0.2) is 48.5 Å². The van der Waals surface area contributed by atoms with Gasteiger partial charge in [-0.05, 0) is 85.8 Å². The monoisotopic (exact) mass is 408 g/mol. The van der Waals surface area contributed by atoms with E-state index >= 15 is 0 Å². The minimum Gasteiger partial charge on any atom is -0.369 e. The molecule has 2 rings (SSSR count). The third-order valence-electron chi connectivity index (χ3n) is 3.51. The molecule has 0 aromatic heterocycles. The number of anilines is 2. The molecule has 22 heavy (non-hydrogen) atoms. The van der Waals surface area contributed by atoms with Gasteiger partial charge in [0.1, 0.15) is 0 Å². The lowest BCUT2D eigenvalue weighted by atomic mass is 10.2. The van der Waals surface area contributed by atoms with Crippen molar-refractivity contribution >= 4 is 39.9 Å². The number of hydrogen-bond acceptors (Lipinski definition) is 2. The van der Waals surface area contributed by atoms with E-state index in [0.717, 1.165) is 15.8 Å². The molecule has 0 radical (unpaired) electrons.